The fraction of sp³-hybridized carbons (Fsp3) is 0.333. The van der Waals surface area contributed by atoms with Gasteiger partial charge in [-0.15, -0.1) is 0 Å². The Morgan fingerprint density at radius 2 is 1.62 bits per heavy atom. The van der Waals surface area contributed by atoms with E-state index >= 15 is 0 Å². The van der Waals surface area contributed by atoms with Gasteiger partial charge in [-0.05, 0) is 32.9 Å². The lowest BCUT2D eigenvalue weighted by molar-refractivity contribution is 0.337. The number of hydrogen-bond acceptors (Lipinski definition) is 2. The first-order valence-corrected chi connectivity index (χ1v) is 5.16. The van der Waals surface area contributed by atoms with Crippen LogP contribution in [0.4, 0.5) is 0 Å². The lowest BCUT2D eigenvalue weighted by Crippen LogP contribution is -2.39. The second kappa shape index (κ2) is 3.33. The Kier molecular flexibility index (Phi) is 2.22. The minimum absolute atomic E-state index is 0.164. The van der Waals surface area contributed by atoms with E-state index in [9.17, 15) is 9.59 Å². The molecule has 0 aliphatic rings. The highest BCUT2D eigenvalue weighted by molar-refractivity contribution is 5.80. The van der Waals surface area contributed by atoms with Crippen LogP contribution in [0.3, 0.4) is 0 Å². The van der Waals surface area contributed by atoms with Crippen LogP contribution in [0.5, 0.6) is 0 Å². The van der Waals surface area contributed by atoms with Crippen molar-refractivity contribution >= 4 is 10.8 Å². The number of H-pyrrole nitrogens is 1. The van der Waals surface area contributed by atoms with Crippen molar-refractivity contribution in [2.24, 2.45) is 0 Å². The molecule has 0 radical (unpaired) electrons. The molecule has 1 N–H and O–H groups in total. The second-order valence-electron chi connectivity index (χ2n) is 4.80. The van der Waals surface area contributed by atoms with Gasteiger partial charge in [0.1, 0.15) is 0 Å². The first kappa shape index (κ1) is 10.7. The maximum Gasteiger partial charge on any atom is 0.273 e. The van der Waals surface area contributed by atoms with E-state index < -0.39 is 5.54 Å². The Balaban J connectivity index is 2.98. The Morgan fingerprint density at radius 3 is 2.19 bits per heavy atom. The predicted molar refractivity (Wildman–Crippen MR) is 63.8 cm³/mol. The molecule has 0 bridgehead atoms. The van der Waals surface area contributed by atoms with E-state index in [1.165, 1.54) is 4.68 Å². The number of benzene rings is 1. The van der Waals surface area contributed by atoms with Crippen molar-refractivity contribution in [2.45, 2.75) is 26.3 Å². The molecular weight excluding hydrogens is 204 g/mol. The van der Waals surface area contributed by atoms with Crippen molar-refractivity contribution < 1.29 is 0 Å². The Bertz CT molecular complexity index is 644. The summed E-state index contributed by atoms with van der Waals surface area (Å²) in [5.41, 5.74) is -0.826. The maximum atomic E-state index is 12.1. The smallest absolute Gasteiger partial charge is 0.267 e. The molecule has 0 atom stereocenters. The van der Waals surface area contributed by atoms with Crippen molar-refractivity contribution in [2.75, 3.05) is 0 Å². The van der Waals surface area contributed by atoms with Crippen molar-refractivity contribution in [3.05, 3.63) is 45.0 Å². The molecule has 0 saturated carbocycles. The lowest BCUT2D eigenvalue weighted by atomic mass is 10.1. The van der Waals surface area contributed by atoms with Crippen LogP contribution < -0.4 is 11.1 Å². The molecule has 84 valence electrons. The van der Waals surface area contributed by atoms with E-state index in [2.05, 4.69) is 5.10 Å². The molecule has 1 aromatic carbocycles. The molecule has 16 heavy (non-hydrogen) atoms. The van der Waals surface area contributed by atoms with Gasteiger partial charge < -0.3 is 0 Å². The van der Waals surface area contributed by atoms with Crippen LogP contribution in [0.15, 0.2) is 33.9 Å². The van der Waals surface area contributed by atoms with Gasteiger partial charge in [-0.25, -0.2) is 4.68 Å². The largest absolute Gasteiger partial charge is 0.273 e. The molecule has 2 rings (SSSR count). The normalized spacial score (nSPS) is 11.9. The SMILES string of the molecule is CC(C)(C)n1[nH]c(=O)c2ccccc2c1=O. The molecule has 0 aliphatic heterocycles. The summed E-state index contributed by atoms with van der Waals surface area (Å²) in [6.45, 7) is 5.62. The second-order valence-corrected chi connectivity index (χ2v) is 4.80. The monoisotopic (exact) mass is 218 g/mol. The van der Waals surface area contributed by atoms with Crippen LogP contribution >= 0.6 is 0 Å². The maximum absolute atomic E-state index is 12.1. The van der Waals surface area contributed by atoms with Gasteiger partial charge in [0.2, 0.25) is 0 Å². The zero-order valence-electron chi connectivity index (χ0n) is 9.57. The fourth-order valence-corrected chi connectivity index (χ4v) is 1.67. The van der Waals surface area contributed by atoms with E-state index in [4.69, 9.17) is 0 Å². The Morgan fingerprint density at radius 1 is 1.06 bits per heavy atom. The molecular formula is C12H14N2O2. The molecule has 0 saturated heterocycles. The van der Waals surface area contributed by atoms with Crippen molar-refractivity contribution in [3.63, 3.8) is 0 Å². The van der Waals surface area contributed by atoms with Gasteiger partial charge in [0, 0.05) is 0 Å². The van der Waals surface area contributed by atoms with Crippen molar-refractivity contribution in [3.8, 4) is 0 Å². The summed E-state index contributed by atoms with van der Waals surface area (Å²) in [7, 11) is 0. The van der Waals surface area contributed by atoms with Gasteiger partial charge >= 0.3 is 0 Å². The number of aromatic nitrogens is 2. The first-order chi connectivity index (χ1) is 7.41. The lowest BCUT2D eigenvalue weighted by Gasteiger charge is -2.21. The third kappa shape index (κ3) is 1.56. The molecule has 0 amide bonds. The standard InChI is InChI=1S/C12H14N2O2/c1-12(2,3)14-11(16)9-7-5-4-6-8(9)10(15)13-14/h4-7H,1-3H3,(H,13,15). The van der Waals surface area contributed by atoms with E-state index in [0.717, 1.165) is 0 Å². The van der Waals surface area contributed by atoms with Gasteiger partial charge in [-0.1, -0.05) is 12.1 Å². The Hall–Kier alpha value is -1.84. The molecule has 0 spiro atoms. The summed E-state index contributed by atoms with van der Waals surface area (Å²) in [6.07, 6.45) is 0. The average molecular weight is 218 g/mol. The molecule has 0 unspecified atom stereocenters. The van der Waals surface area contributed by atoms with Gasteiger partial charge in [-0.2, -0.15) is 0 Å². The summed E-state index contributed by atoms with van der Waals surface area (Å²) < 4.78 is 1.37. The van der Waals surface area contributed by atoms with Gasteiger partial charge in [0.05, 0.1) is 16.3 Å². The zero-order valence-corrected chi connectivity index (χ0v) is 9.57. The number of nitrogens with one attached hydrogen (secondary N) is 1. The highest BCUT2D eigenvalue weighted by Crippen LogP contribution is 2.10. The van der Waals surface area contributed by atoms with Crippen LogP contribution in [0.2, 0.25) is 0 Å². The third-order valence-corrected chi connectivity index (χ3v) is 2.49. The van der Waals surface area contributed by atoms with Crippen LogP contribution in [0, 0.1) is 0 Å². The minimum Gasteiger partial charge on any atom is -0.267 e. The molecule has 2 aromatic rings. The molecule has 0 fully saturated rings. The first-order valence-electron chi connectivity index (χ1n) is 5.16. The highest BCUT2D eigenvalue weighted by atomic mass is 16.2. The van der Waals surface area contributed by atoms with Crippen LogP contribution in [0.25, 0.3) is 10.8 Å². The molecule has 1 heterocycles. The molecule has 0 aliphatic carbocycles. The zero-order chi connectivity index (χ0) is 11.9. The highest BCUT2D eigenvalue weighted by Gasteiger charge is 2.17. The number of fused-ring (bicyclic) bond motifs is 1. The average Bonchev–Trinajstić information content (AvgIpc) is 2.22. The molecule has 1 aromatic heterocycles. The van der Waals surface area contributed by atoms with Crippen LogP contribution in [-0.4, -0.2) is 9.78 Å². The minimum atomic E-state index is -0.430. The summed E-state index contributed by atoms with van der Waals surface area (Å²) in [6, 6.07) is 6.84. The predicted octanol–water partition coefficient (Wildman–Crippen LogP) is 1.44. The van der Waals surface area contributed by atoms with Gasteiger partial charge in [0.25, 0.3) is 11.1 Å². The van der Waals surface area contributed by atoms with Crippen LogP contribution in [0.1, 0.15) is 20.8 Å². The van der Waals surface area contributed by atoms with Gasteiger partial charge in [-0.3, -0.25) is 14.7 Å². The summed E-state index contributed by atoms with van der Waals surface area (Å²) in [4.78, 5) is 23.9. The van der Waals surface area contributed by atoms with Gasteiger partial charge in [0.15, 0.2) is 0 Å². The number of hydrogen-bond donors (Lipinski definition) is 1. The quantitative estimate of drug-likeness (QED) is 0.727. The third-order valence-electron chi connectivity index (χ3n) is 2.49. The fourth-order valence-electron chi connectivity index (χ4n) is 1.67. The topological polar surface area (TPSA) is 54.9 Å². The van der Waals surface area contributed by atoms with E-state index in [1.54, 1.807) is 24.3 Å². The van der Waals surface area contributed by atoms with E-state index in [-0.39, 0.29) is 11.1 Å². The Labute approximate surface area is 92.5 Å². The number of aromatic amines is 1. The molecule has 4 nitrogen and oxygen atoms in total. The van der Waals surface area contributed by atoms with E-state index in [0.29, 0.717) is 10.8 Å². The summed E-state index contributed by atoms with van der Waals surface area (Å²) >= 11 is 0. The number of rotatable bonds is 0. The molecule has 4 heteroatoms. The van der Waals surface area contributed by atoms with Crippen molar-refractivity contribution in [1.82, 2.24) is 9.78 Å². The van der Waals surface area contributed by atoms with E-state index in [1.807, 2.05) is 20.8 Å². The summed E-state index contributed by atoms with van der Waals surface area (Å²) in [5.74, 6) is 0. The van der Waals surface area contributed by atoms with Crippen molar-refractivity contribution in [1.29, 1.82) is 0 Å². The summed E-state index contributed by atoms with van der Waals surface area (Å²) in [5, 5.41) is 3.50. The van der Waals surface area contributed by atoms with Crippen LogP contribution in [-0.2, 0) is 5.54 Å². The number of nitrogens with zero attached hydrogens (tertiary/aromatic N) is 1.